The number of hydrogen-bond acceptors (Lipinski definition) is 4. The predicted octanol–water partition coefficient (Wildman–Crippen LogP) is 6.09. The van der Waals surface area contributed by atoms with E-state index in [9.17, 15) is 9.18 Å². The van der Waals surface area contributed by atoms with Crippen LogP contribution in [0.25, 0.3) is 10.8 Å². The van der Waals surface area contributed by atoms with E-state index in [-0.39, 0.29) is 12.4 Å². The van der Waals surface area contributed by atoms with Crippen LogP contribution in [0.1, 0.15) is 21.5 Å². The molecule has 0 unspecified atom stereocenters. The van der Waals surface area contributed by atoms with Crippen LogP contribution in [0.15, 0.2) is 88.4 Å². The van der Waals surface area contributed by atoms with Gasteiger partial charge in [0.25, 0.3) is 5.91 Å². The summed E-state index contributed by atoms with van der Waals surface area (Å²) in [5.41, 5.74) is 4.43. The summed E-state index contributed by atoms with van der Waals surface area (Å²) in [7, 11) is 1.52. The number of halogens is 2. The van der Waals surface area contributed by atoms with Crippen LogP contribution in [-0.2, 0) is 6.61 Å². The molecule has 0 spiro atoms. The van der Waals surface area contributed by atoms with Crippen molar-refractivity contribution in [3.8, 4) is 11.5 Å². The zero-order valence-electron chi connectivity index (χ0n) is 17.7. The Balaban J connectivity index is 1.50. The predicted molar refractivity (Wildman–Crippen MR) is 130 cm³/mol. The van der Waals surface area contributed by atoms with Crippen molar-refractivity contribution in [3.63, 3.8) is 0 Å². The van der Waals surface area contributed by atoms with E-state index in [0.717, 1.165) is 20.8 Å². The van der Waals surface area contributed by atoms with E-state index in [1.165, 1.54) is 25.5 Å². The molecule has 7 heteroatoms. The number of hydrazone groups is 1. The average Bonchev–Trinajstić information content (AvgIpc) is 2.83. The van der Waals surface area contributed by atoms with Gasteiger partial charge in [-0.1, -0.05) is 52.3 Å². The highest BCUT2D eigenvalue weighted by Gasteiger charge is 2.13. The Bertz CT molecular complexity index is 1320. The monoisotopic (exact) mass is 506 g/mol. The molecular formula is C26H20BrFN2O3. The smallest absolute Gasteiger partial charge is 0.275 e. The van der Waals surface area contributed by atoms with Gasteiger partial charge < -0.3 is 9.47 Å². The molecule has 0 fully saturated rings. The van der Waals surface area contributed by atoms with Crippen molar-refractivity contribution in [1.29, 1.82) is 0 Å². The van der Waals surface area contributed by atoms with E-state index in [1.54, 1.807) is 24.3 Å². The molecule has 4 rings (SSSR count). The number of amides is 1. The summed E-state index contributed by atoms with van der Waals surface area (Å²) in [6.07, 6.45) is 1.51. The number of methoxy groups -OCH3 is 1. The van der Waals surface area contributed by atoms with Crippen molar-refractivity contribution in [3.05, 3.63) is 106 Å². The third-order valence-corrected chi connectivity index (χ3v) is 5.45. The molecule has 0 aromatic heterocycles. The first-order valence-electron chi connectivity index (χ1n) is 10.1. The van der Waals surface area contributed by atoms with Crippen LogP contribution in [-0.4, -0.2) is 19.2 Å². The van der Waals surface area contributed by atoms with Crippen LogP contribution in [0.5, 0.6) is 11.5 Å². The minimum atomic E-state index is -0.391. The maximum atomic E-state index is 13.1. The number of carbonyl (C=O) groups is 1. The van der Waals surface area contributed by atoms with Crippen molar-refractivity contribution >= 4 is 38.8 Å². The topological polar surface area (TPSA) is 59.9 Å². The molecule has 4 aromatic carbocycles. The Labute approximate surface area is 199 Å². The number of ether oxygens (including phenoxy) is 2. The van der Waals surface area contributed by atoms with Gasteiger partial charge in [0, 0.05) is 10.0 Å². The number of rotatable bonds is 7. The van der Waals surface area contributed by atoms with Gasteiger partial charge in [-0.05, 0) is 58.8 Å². The second kappa shape index (κ2) is 10.3. The third-order valence-electron chi connectivity index (χ3n) is 4.96. The number of fused-ring (bicyclic) bond motifs is 1. The van der Waals surface area contributed by atoms with Crippen molar-refractivity contribution in [2.24, 2.45) is 5.10 Å². The highest BCUT2D eigenvalue weighted by Crippen LogP contribution is 2.26. The molecular weight excluding hydrogens is 487 g/mol. The van der Waals surface area contributed by atoms with Gasteiger partial charge in [0.1, 0.15) is 23.9 Å². The van der Waals surface area contributed by atoms with E-state index in [4.69, 9.17) is 9.47 Å². The average molecular weight is 507 g/mol. The summed E-state index contributed by atoms with van der Waals surface area (Å²) < 4.78 is 25.2. The fourth-order valence-electron chi connectivity index (χ4n) is 3.28. The lowest BCUT2D eigenvalue weighted by Gasteiger charge is -2.10. The summed E-state index contributed by atoms with van der Waals surface area (Å²) in [6, 6.07) is 22.9. The number of carbonyl (C=O) groups excluding carboxylic acids is 1. The molecule has 0 saturated heterocycles. The van der Waals surface area contributed by atoms with Gasteiger partial charge in [-0.3, -0.25) is 4.79 Å². The molecule has 4 aromatic rings. The minimum absolute atomic E-state index is 0.267. The van der Waals surface area contributed by atoms with Gasteiger partial charge in [0.2, 0.25) is 0 Å². The summed E-state index contributed by atoms with van der Waals surface area (Å²) in [5, 5.41) is 6.02. The van der Waals surface area contributed by atoms with Crippen LogP contribution >= 0.6 is 15.9 Å². The number of benzene rings is 4. The molecule has 166 valence electrons. The maximum absolute atomic E-state index is 13.1. The van der Waals surface area contributed by atoms with Gasteiger partial charge in [-0.25, -0.2) is 9.82 Å². The van der Waals surface area contributed by atoms with Crippen molar-refractivity contribution in [2.75, 3.05) is 7.11 Å². The van der Waals surface area contributed by atoms with Crippen molar-refractivity contribution in [2.45, 2.75) is 6.61 Å². The second-order valence-electron chi connectivity index (χ2n) is 7.20. The Morgan fingerprint density at radius 1 is 1.00 bits per heavy atom. The van der Waals surface area contributed by atoms with E-state index < -0.39 is 5.91 Å². The number of nitrogens with one attached hydrogen (secondary N) is 1. The van der Waals surface area contributed by atoms with Gasteiger partial charge >= 0.3 is 0 Å². The summed E-state index contributed by atoms with van der Waals surface area (Å²) in [6.45, 7) is 0.267. The van der Waals surface area contributed by atoms with Gasteiger partial charge in [-0.15, -0.1) is 0 Å². The summed E-state index contributed by atoms with van der Waals surface area (Å²) >= 11 is 3.44. The van der Waals surface area contributed by atoms with Gasteiger partial charge in [0.15, 0.2) is 0 Å². The Kier molecular flexibility index (Phi) is 7.00. The molecule has 5 nitrogen and oxygen atoms in total. The molecule has 0 aliphatic heterocycles. The molecule has 33 heavy (non-hydrogen) atoms. The highest BCUT2D eigenvalue weighted by atomic mass is 79.9. The molecule has 0 atom stereocenters. The largest absolute Gasteiger partial charge is 0.496 e. The standard InChI is InChI=1S/C26H20BrFN2O3/c1-32-25-14-19-5-3-2-4-18(19)13-23(25)26(31)30-29-15-20-12-21(27)8-11-24(20)33-16-17-6-9-22(28)10-7-17/h2-15H,16H2,1H3,(H,30,31)/b29-15-. The molecule has 0 radical (unpaired) electrons. The molecule has 1 N–H and O–H groups in total. The molecule has 0 saturated carbocycles. The fraction of sp³-hybridized carbons (Fsp3) is 0.0769. The van der Waals surface area contributed by atoms with E-state index in [0.29, 0.717) is 22.6 Å². The van der Waals surface area contributed by atoms with Crippen LogP contribution in [0.4, 0.5) is 4.39 Å². The van der Waals surface area contributed by atoms with E-state index in [1.807, 2.05) is 42.5 Å². The summed E-state index contributed by atoms with van der Waals surface area (Å²) in [5.74, 6) is 0.350. The van der Waals surface area contributed by atoms with Gasteiger partial charge in [0.05, 0.1) is 18.9 Å². The lowest BCUT2D eigenvalue weighted by atomic mass is 10.1. The Morgan fingerprint density at radius 2 is 1.73 bits per heavy atom. The van der Waals surface area contributed by atoms with Crippen LogP contribution in [0.3, 0.4) is 0 Å². The lowest BCUT2D eigenvalue weighted by molar-refractivity contribution is 0.0952. The molecule has 1 amide bonds. The Morgan fingerprint density at radius 3 is 2.45 bits per heavy atom. The highest BCUT2D eigenvalue weighted by molar-refractivity contribution is 9.10. The van der Waals surface area contributed by atoms with Crippen molar-refractivity contribution < 1.29 is 18.7 Å². The third kappa shape index (κ3) is 5.56. The number of nitrogens with zero attached hydrogens (tertiary/aromatic N) is 1. The second-order valence-corrected chi connectivity index (χ2v) is 8.11. The molecule has 0 aliphatic carbocycles. The van der Waals surface area contributed by atoms with E-state index in [2.05, 4.69) is 26.5 Å². The lowest BCUT2D eigenvalue weighted by Crippen LogP contribution is -2.18. The van der Waals surface area contributed by atoms with Crippen LogP contribution in [0, 0.1) is 5.82 Å². The van der Waals surface area contributed by atoms with Crippen LogP contribution < -0.4 is 14.9 Å². The van der Waals surface area contributed by atoms with Gasteiger partial charge in [-0.2, -0.15) is 5.10 Å². The minimum Gasteiger partial charge on any atom is -0.496 e. The summed E-state index contributed by atoms with van der Waals surface area (Å²) in [4.78, 5) is 12.8. The quantitative estimate of drug-likeness (QED) is 0.243. The molecule has 0 aliphatic rings. The number of hydrogen-bond donors (Lipinski definition) is 1. The van der Waals surface area contributed by atoms with Crippen LogP contribution in [0.2, 0.25) is 0 Å². The maximum Gasteiger partial charge on any atom is 0.275 e. The van der Waals surface area contributed by atoms with Crippen molar-refractivity contribution in [1.82, 2.24) is 5.43 Å². The fourth-order valence-corrected chi connectivity index (χ4v) is 3.66. The van der Waals surface area contributed by atoms with E-state index >= 15 is 0 Å². The molecule has 0 heterocycles. The zero-order valence-corrected chi connectivity index (χ0v) is 19.3. The first-order valence-corrected chi connectivity index (χ1v) is 10.9. The normalized spacial score (nSPS) is 11.0. The first kappa shape index (κ1) is 22.5. The Hall–Kier alpha value is -3.71. The first-order chi connectivity index (χ1) is 16.0. The SMILES string of the molecule is COc1cc2ccccc2cc1C(=O)N/N=C\c1cc(Br)ccc1OCc1ccc(F)cc1. The zero-order chi connectivity index (χ0) is 23.2. The molecule has 0 bridgehead atoms.